The lowest BCUT2D eigenvalue weighted by atomic mass is 9.78. The number of hydrogen-bond donors (Lipinski definition) is 0. The van der Waals surface area contributed by atoms with Crippen LogP contribution < -0.4 is 0 Å². The van der Waals surface area contributed by atoms with Gasteiger partial charge in [-0.1, -0.05) is 78.4 Å². The second kappa shape index (κ2) is 10.2. The van der Waals surface area contributed by atoms with Crippen LogP contribution in [-0.2, 0) is 14.2 Å². The number of benzene rings is 1. The maximum atomic E-state index is 6.72. The van der Waals surface area contributed by atoms with E-state index in [0.29, 0.717) is 29.6 Å². The first-order valence-electron chi connectivity index (χ1n) is 11.5. The molecule has 0 bridgehead atoms. The van der Waals surface area contributed by atoms with Crippen LogP contribution in [0.3, 0.4) is 0 Å². The van der Waals surface area contributed by atoms with Crippen molar-refractivity contribution in [1.82, 2.24) is 0 Å². The van der Waals surface area contributed by atoms with E-state index in [1.54, 1.807) is 0 Å². The van der Waals surface area contributed by atoms with Gasteiger partial charge in [0.25, 0.3) is 0 Å². The van der Waals surface area contributed by atoms with Gasteiger partial charge < -0.3 is 14.2 Å². The van der Waals surface area contributed by atoms with E-state index in [1.165, 1.54) is 4.90 Å². The highest BCUT2D eigenvalue weighted by Gasteiger charge is 2.46. The normalized spacial score (nSPS) is 43.3. The van der Waals surface area contributed by atoms with E-state index in [1.807, 2.05) is 11.8 Å². The quantitative estimate of drug-likeness (QED) is 0.517. The van der Waals surface area contributed by atoms with Crippen LogP contribution in [0.1, 0.15) is 61.3 Å². The first-order chi connectivity index (χ1) is 13.9. The summed E-state index contributed by atoms with van der Waals surface area (Å²) in [6, 6.07) is 10.6. The fourth-order valence-corrected chi connectivity index (χ4v) is 6.08. The molecule has 2 saturated heterocycles. The van der Waals surface area contributed by atoms with Crippen molar-refractivity contribution in [2.75, 3.05) is 0 Å². The van der Waals surface area contributed by atoms with E-state index >= 15 is 0 Å². The summed E-state index contributed by atoms with van der Waals surface area (Å²) in [5.74, 6) is 2.38. The molecule has 0 amide bonds. The Morgan fingerprint density at radius 1 is 0.759 bits per heavy atom. The van der Waals surface area contributed by atoms with Gasteiger partial charge in [-0.3, -0.25) is 0 Å². The zero-order chi connectivity index (χ0) is 21.1. The van der Waals surface area contributed by atoms with Gasteiger partial charge in [-0.2, -0.15) is 0 Å². The topological polar surface area (TPSA) is 27.7 Å². The van der Waals surface area contributed by atoms with Gasteiger partial charge in [-0.25, -0.2) is 0 Å². The first kappa shape index (κ1) is 23.1. The van der Waals surface area contributed by atoms with Crippen LogP contribution in [0.5, 0.6) is 0 Å². The Bertz CT molecular complexity index is 620. The molecule has 0 saturated carbocycles. The molecule has 0 aromatic heterocycles. The van der Waals surface area contributed by atoms with Crippen molar-refractivity contribution < 1.29 is 14.2 Å². The largest absolute Gasteiger partial charge is 0.361 e. The molecule has 2 heterocycles. The highest BCUT2D eigenvalue weighted by Crippen LogP contribution is 2.43. The molecule has 3 nitrogen and oxygen atoms in total. The molecular formula is C25H40O3S. The van der Waals surface area contributed by atoms with Crippen LogP contribution >= 0.6 is 11.8 Å². The molecule has 2 aliphatic rings. The smallest absolute Gasteiger partial charge is 0.161 e. The summed E-state index contributed by atoms with van der Waals surface area (Å²) in [5.41, 5.74) is 0.157. The molecule has 10 atom stereocenters. The fourth-order valence-electron chi connectivity index (χ4n) is 4.83. The third-order valence-electron chi connectivity index (χ3n) is 7.53. The molecule has 1 aromatic rings. The Morgan fingerprint density at radius 2 is 1.41 bits per heavy atom. The molecule has 0 N–H and O–H groups in total. The standard InChI is InChI=1S/C25H40O3S/c1-8-21-16(4)15(3)18(6)24(26-21)28-23-17(5)19(7)25(27-22(23)9-2)29-20-13-11-10-12-14-20/h10-19,21-25H,8-9H2,1-7H3. The lowest BCUT2D eigenvalue weighted by Crippen LogP contribution is -2.54. The second-order valence-electron chi connectivity index (χ2n) is 9.23. The van der Waals surface area contributed by atoms with Crippen molar-refractivity contribution in [2.45, 2.75) is 96.2 Å². The Balaban J connectivity index is 1.71. The van der Waals surface area contributed by atoms with Crippen molar-refractivity contribution in [2.24, 2.45) is 29.6 Å². The molecule has 10 unspecified atom stereocenters. The van der Waals surface area contributed by atoms with Gasteiger partial charge in [0.05, 0.1) is 18.3 Å². The molecule has 0 radical (unpaired) electrons. The van der Waals surface area contributed by atoms with E-state index in [2.05, 4.69) is 78.8 Å². The molecule has 2 fully saturated rings. The van der Waals surface area contributed by atoms with E-state index < -0.39 is 0 Å². The number of ether oxygens (including phenoxy) is 3. The molecule has 3 rings (SSSR count). The molecule has 0 spiro atoms. The second-order valence-corrected chi connectivity index (χ2v) is 10.4. The van der Waals surface area contributed by atoms with E-state index in [9.17, 15) is 0 Å². The Labute approximate surface area is 182 Å². The Morgan fingerprint density at radius 3 is 2.03 bits per heavy atom. The van der Waals surface area contributed by atoms with Gasteiger partial charge >= 0.3 is 0 Å². The van der Waals surface area contributed by atoms with Crippen LogP contribution in [0.25, 0.3) is 0 Å². The third-order valence-corrected chi connectivity index (χ3v) is 8.84. The highest BCUT2D eigenvalue weighted by atomic mass is 32.2. The SMILES string of the molecule is CCC1OC(OC2C(CC)OC(Sc3ccccc3)C(C)C2C)C(C)C(C)C1C. The predicted molar refractivity (Wildman–Crippen MR) is 121 cm³/mol. The van der Waals surface area contributed by atoms with E-state index in [-0.39, 0.29) is 30.0 Å². The Kier molecular flexibility index (Phi) is 8.11. The minimum Gasteiger partial charge on any atom is -0.361 e. The van der Waals surface area contributed by atoms with Gasteiger partial charge in [0.2, 0.25) is 0 Å². The van der Waals surface area contributed by atoms with Crippen LogP contribution in [0.15, 0.2) is 35.2 Å². The average molecular weight is 421 g/mol. The molecule has 29 heavy (non-hydrogen) atoms. The van der Waals surface area contributed by atoms with Crippen molar-refractivity contribution in [1.29, 1.82) is 0 Å². The van der Waals surface area contributed by atoms with Gasteiger partial charge in [-0.05, 0) is 48.6 Å². The van der Waals surface area contributed by atoms with Crippen LogP contribution in [0, 0.1) is 29.6 Å². The van der Waals surface area contributed by atoms with Crippen LogP contribution in [0.2, 0.25) is 0 Å². The average Bonchev–Trinajstić information content (AvgIpc) is 2.74. The summed E-state index contributed by atoms with van der Waals surface area (Å²) in [6.45, 7) is 16.0. The molecule has 0 aliphatic carbocycles. The summed E-state index contributed by atoms with van der Waals surface area (Å²) in [5, 5.41) is 0. The first-order valence-corrected chi connectivity index (χ1v) is 12.4. The minimum atomic E-state index is -0.137. The molecule has 4 heteroatoms. The number of hydrogen-bond acceptors (Lipinski definition) is 4. The van der Waals surface area contributed by atoms with Gasteiger partial charge in [0, 0.05) is 10.8 Å². The lowest BCUT2D eigenvalue weighted by Gasteiger charge is -2.49. The third kappa shape index (κ3) is 5.03. The van der Waals surface area contributed by atoms with Crippen molar-refractivity contribution in [3.63, 3.8) is 0 Å². The lowest BCUT2D eigenvalue weighted by molar-refractivity contribution is -0.295. The van der Waals surface area contributed by atoms with E-state index in [4.69, 9.17) is 14.2 Å². The molecular weight excluding hydrogens is 380 g/mol. The van der Waals surface area contributed by atoms with Gasteiger partial charge in [0.1, 0.15) is 5.44 Å². The van der Waals surface area contributed by atoms with Gasteiger partial charge in [0.15, 0.2) is 6.29 Å². The van der Waals surface area contributed by atoms with Crippen molar-refractivity contribution in [3.05, 3.63) is 30.3 Å². The fraction of sp³-hybridized carbons (Fsp3) is 0.760. The van der Waals surface area contributed by atoms with Crippen LogP contribution in [-0.4, -0.2) is 30.0 Å². The summed E-state index contributed by atoms with van der Waals surface area (Å²) < 4.78 is 19.8. The number of rotatable bonds is 6. The summed E-state index contributed by atoms with van der Waals surface area (Å²) in [6.07, 6.45) is 2.32. The van der Waals surface area contributed by atoms with Crippen LogP contribution in [0.4, 0.5) is 0 Å². The molecule has 1 aromatic carbocycles. The number of thioether (sulfide) groups is 1. The summed E-state index contributed by atoms with van der Waals surface area (Å²) in [4.78, 5) is 1.27. The minimum absolute atomic E-state index is 0.0770. The Hall–Kier alpha value is -0.550. The maximum absolute atomic E-state index is 6.72. The molecule has 2 aliphatic heterocycles. The van der Waals surface area contributed by atoms with Crippen molar-refractivity contribution >= 4 is 11.8 Å². The summed E-state index contributed by atoms with van der Waals surface area (Å²) in [7, 11) is 0. The zero-order valence-electron chi connectivity index (χ0n) is 19.2. The summed E-state index contributed by atoms with van der Waals surface area (Å²) >= 11 is 1.84. The van der Waals surface area contributed by atoms with Crippen molar-refractivity contribution in [3.8, 4) is 0 Å². The highest BCUT2D eigenvalue weighted by molar-refractivity contribution is 7.99. The van der Waals surface area contributed by atoms with Gasteiger partial charge in [-0.15, -0.1) is 0 Å². The monoisotopic (exact) mass is 420 g/mol. The molecule has 164 valence electrons. The predicted octanol–water partition coefficient (Wildman–Crippen LogP) is 6.61. The van der Waals surface area contributed by atoms with E-state index in [0.717, 1.165) is 12.8 Å². The zero-order valence-corrected chi connectivity index (χ0v) is 20.0. The maximum Gasteiger partial charge on any atom is 0.161 e.